The van der Waals surface area contributed by atoms with Crippen LogP contribution in [-0.4, -0.2) is 0 Å². The van der Waals surface area contributed by atoms with E-state index in [1.165, 1.54) is 40.3 Å². The lowest BCUT2D eigenvalue weighted by molar-refractivity contribution is 1.43. The fourth-order valence-electron chi connectivity index (χ4n) is 5.93. The van der Waals surface area contributed by atoms with E-state index in [4.69, 9.17) is 0 Å². The number of nitriles is 2. The molecule has 194 valence electrons. The Hall–Kier alpha value is -5.26. The summed E-state index contributed by atoms with van der Waals surface area (Å²) >= 11 is 3.62. The first kappa shape index (κ1) is 24.5. The molecule has 8 rings (SSSR count). The minimum atomic E-state index is 0.389. The highest BCUT2D eigenvalue weighted by molar-refractivity contribution is 7.26. The predicted molar refractivity (Wildman–Crippen MR) is 178 cm³/mol. The summed E-state index contributed by atoms with van der Waals surface area (Å²) in [7, 11) is 0. The van der Waals surface area contributed by atoms with Gasteiger partial charge in [0.15, 0.2) is 0 Å². The van der Waals surface area contributed by atoms with E-state index in [1.807, 2.05) is 34.8 Å². The summed E-state index contributed by atoms with van der Waals surface area (Å²) in [5.74, 6) is 0. The van der Waals surface area contributed by atoms with Crippen molar-refractivity contribution in [1.82, 2.24) is 0 Å². The van der Waals surface area contributed by atoms with Crippen molar-refractivity contribution in [2.24, 2.45) is 0 Å². The third kappa shape index (κ3) is 3.90. The van der Waals surface area contributed by atoms with Gasteiger partial charge in [0.05, 0.1) is 11.1 Å². The van der Waals surface area contributed by atoms with Gasteiger partial charge in [-0.05, 0) is 76.3 Å². The minimum Gasteiger partial charge on any atom is -0.192 e. The Morgan fingerprint density at radius 2 is 0.929 bits per heavy atom. The number of thiophene rings is 2. The van der Waals surface area contributed by atoms with Crippen molar-refractivity contribution in [1.29, 1.82) is 10.5 Å². The molecule has 42 heavy (non-hydrogen) atoms. The van der Waals surface area contributed by atoms with E-state index in [9.17, 15) is 10.5 Å². The van der Waals surface area contributed by atoms with E-state index in [0.29, 0.717) is 11.1 Å². The van der Waals surface area contributed by atoms with Gasteiger partial charge in [-0.3, -0.25) is 0 Å². The predicted octanol–water partition coefficient (Wildman–Crippen LogP) is 11.2. The van der Waals surface area contributed by atoms with Gasteiger partial charge in [0.25, 0.3) is 0 Å². The Labute approximate surface area is 250 Å². The summed E-state index contributed by atoms with van der Waals surface area (Å²) in [6.45, 7) is 0. The molecule has 8 aromatic rings. The second kappa shape index (κ2) is 9.68. The van der Waals surface area contributed by atoms with Gasteiger partial charge in [0.1, 0.15) is 12.1 Å². The Kier molecular flexibility index (Phi) is 5.66. The van der Waals surface area contributed by atoms with Crippen LogP contribution >= 0.6 is 22.7 Å². The maximum absolute atomic E-state index is 10.0. The number of fused-ring (bicyclic) bond motifs is 6. The van der Waals surface area contributed by atoms with Gasteiger partial charge in [0.2, 0.25) is 0 Å². The van der Waals surface area contributed by atoms with Crippen molar-refractivity contribution in [2.45, 2.75) is 0 Å². The second-order valence-corrected chi connectivity index (χ2v) is 12.5. The highest BCUT2D eigenvalue weighted by atomic mass is 32.1. The van der Waals surface area contributed by atoms with Gasteiger partial charge in [-0.15, -0.1) is 22.7 Å². The van der Waals surface area contributed by atoms with Crippen molar-refractivity contribution in [3.8, 4) is 45.5 Å². The van der Waals surface area contributed by atoms with Crippen LogP contribution in [0.25, 0.3) is 73.7 Å². The summed E-state index contributed by atoms with van der Waals surface area (Å²) in [4.78, 5) is 0. The summed E-state index contributed by atoms with van der Waals surface area (Å²) < 4.78 is 5.05. The van der Waals surface area contributed by atoms with Crippen LogP contribution in [0.2, 0.25) is 0 Å². The summed E-state index contributed by atoms with van der Waals surface area (Å²) in [5.41, 5.74) is 6.87. The van der Waals surface area contributed by atoms with E-state index in [-0.39, 0.29) is 0 Å². The van der Waals surface area contributed by atoms with Crippen LogP contribution in [-0.2, 0) is 0 Å². The fourth-order valence-corrected chi connectivity index (χ4v) is 8.22. The van der Waals surface area contributed by atoms with E-state index < -0.39 is 0 Å². The van der Waals surface area contributed by atoms with Crippen molar-refractivity contribution in [3.05, 3.63) is 132 Å². The second-order valence-electron chi connectivity index (χ2n) is 10.4. The van der Waals surface area contributed by atoms with Crippen LogP contribution in [0.3, 0.4) is 0 Å². The van der Waals surface area contributed by atoms with Gasteiger partial charge < -0.3 is 0 Å². The maximum Gasteiger partial charge on any atom is 0.101 e. The SMILES string of the molecule is N#Cc1cccc(-c2cc(-c3ccc4c(c3)sc3ccccc34)cc(-c3ccc4c(c3)sc3ccccc34)c2)c1C#N. The first-order chi connectivity index (χ1) is 20.7. The molecule has 0 aliphatic heterocycles. The Balaban J connectivity index is 1.36. The fraction of sp³-hybridized carbons (Fsp3) is 0. The molecule has 2 aromatic heterocycles. The monoisotopic (exact) mass is 568 g/mol. The molecule has 0 fully saturated rings. The number of hydrogen-bond acceptors (Lipinski definition) is 4. The summed E-state index contributed by atoms with van der Waals surface area (Å²) in [6, 6.07) is 47.0. The first-order valence-corrected chi connectivity index (χ1v) is 15.3. The molecule has 4 heteroatoms. The van der Waals surface area contributed by atoms with Gasteiger partial charge in [-0.25, -0.2) is 0 Å². The molecule has 0 amide bonds. The third-order valence-electron chi connectivity index (χ3n) is 7.96. The van der Waals surface area contributed by atoms with Gasteiger partial charge in [-0.2, -0.15) is 10.5 Å². The molecular weight excluding hydrogens is 549 g/mol. The standard InChI is InChI=1S/C38H20N2S2/c39-21-25-6-5-9-29(34(25)22-40)28-17-26(23-12-14-32-30-7-1-3-10-35(30)41-37(32)19-23)16-27(18-28)24-13-15-33-31-8-2-4-11-36(31)42-38(33)20-24/h1-20H. The van der Waals surface area contributed by atoms with Crippen LogP contribution in [0.4, 0.5) is 0 Å². The lowest BCUT2D eigenvalue weighted by atomic mass is 9.90. The smallest absolute Gasteiger partial charge is 0.101 e. The molecule has 0 bridgehead atoms. The highest BCUT2D eigenvalue weighted by Crippen LogP contribution is 2.41. The minimum absolute atomic E-state index is 0.389. The molecule has 6 aromatic carbocycles. The number of nitrogens with zero attached hydrogens (tertiary/aromatic N) is 2. The average molecular weight is 569 g/mol. The molecule has 0 saturated carbocycles. The summed E-state index contributed by atoms with van der Waals surface area (Å²) in [5, 5.41) is 24.8. The molecule has 0 saturated heterocycles. The lowest BCUT2D eigenvalue weighted by Crippen LogP contribution is -1.91. The van der Waals surface area contributed by atoms with Crippen molar-refractivity contribution >= 4 is 63.0 Å². The molecule has 0 radical (unpaired) electrons. The van der Waals surface area contributed by atoms with Crippen molar-refractivity contribution < 1.29 is 0 Å². The molecule has 0 N–H and O–H groups in total. The number of hydrogen-bond donors (Lipinski definition) is 0. The van der Waals surface area contributed by atoms with Crippen LogP contribution < -0.4 is 0 Å². The highest BCUT2D eigenvalue weighted by Gasteiger charge is 2.15. The van der Waals surface area contributed by atoms with E-state index in [0.717, 1.165) is 33.4 Å². The first-order valence-electron chi connectivity index (χ1n) is 13.6. The Bertz CT molecular complexity index is 2310. The third-order valence-corrected chi connectivity index (χ3v) is 10.2. The number of benzene rings is 6. The topological polar surface area (TPSA) is 47.6 Å². The van der Waals surface area contributed by atoms with Gasteiger partial charge in [-0.1, -0.05) is 72.8 Å². The van der Waals surface area contributed by atoms with E-state index >= 15 is 0 Å². The van der Waals surface area contributed by atoms with E-state index in [1.54, 1.807) is 6.07 Å². The van der Waals surface area contributed by atoms with Crippen LogP contribution in [0, 0.1) is 22.7 Å². The zero-order valence-corrected chi connectivity index (χ0v) is 23.9. The van der Waals surface area contributed by atoms with Crippen LogP contribution in [0.1, 0.15) is 11.1 Å². The van der Waals surface area contributed by atoms with Crippen LogP contribution in [0.5, 0.6) is 0 Å². The lowest BCUT2D eigenvalue weighted by Gasteiger charge is -2.13. The van der Waals surface area contributed by atoms with Gasteiger partial charge in [0, 0.05) is 45.9 Å². The molecule has 0 unspecified atom stereocenters. The van der Waals surface area contributed by atoms with Gasteiger partial charge >= 0.3 is 0 Å². The number of rotatable bonds is 3. The largest absolute Gasteiger partial charge is 0.192 e. The molecule has 0 aliphatic carbocycles. The van der Waals surface area contributed by atoms with Crippen molar-refractivity contribution in [2.75, 3.05) is 0 Å². The Morgan fingerprint density at radius 1 is 0.405 bits per heavy atom. The molecule has 0 spiro atoms. The maximum atomic E-state index is 10.0. The molecule has 2 nitrogen and oxygen atoms in total. The zero-order chi connectivity index (χ0) is 28.2. The Morgan fingerprint density at radius 3 is 1.48 bits per heavy atom. The molecule has 2 heterocycles. The summed E-state index contributed by atoms with van der Waals surface area (Å²) in [6.07, 6.45) is 0. The molecule has 0 atom stereocenters. The quantitative estimate of drug-likeness (QED) is 0.213. The average Bonchev–Trinajstić information content (AvgIpc) is 3.61. The normalized spacial score (nSPS) is 11.3. The van der Waals surface area contributed by atoms with Crippen LogP contribution in [0.15, 0.2) is 121 Å². The molecule has 0 aliphatic rings. The molecular formula is C38H20N2S2. The van der Waals surface area contributed by atoms with E-state index in [2.05, 4.69) is 115 Å². The van der Waals surface area contributed by atoms with Crippen molar-refractivity contribution in [3.63, 3.8) is 0 Å². The zero-order valence-electron chi connectivity index (χ0n) is 22.3.